The molecule has 0 spiro atoms. The van der Waals surface area contributed by atoms with Gasteiger partial charge in [0.25, 0.3) is 0 Å². The van der Waals surface area contributed by atoms with Gasteiger partial charge in [-0.2, -0.15) is 0 Å². The standard InChI is InChI=1S/C28H37N3/c1-29-22-27(20-25-14-7-3-8-15-25)31-23-28(21-26-16-9-4-10-17-26)30-19-11-18-24-12-5-2-6-13-24/h2-10,12-17,27-31H,11,18-23H2,1H3/t27-,28-/m0/s1. The topological polar surface area (TPSA) is 36.1 Å². The molecule has 0 aromatic heterocycles. The molecule has 3 heteroatoms. The van der Waals surface area contributed by atoms with Gasteiger partial charge in [0.15, 0.2) is 0 Å². The first-order valence-corrected chi connectivity index (χ1v) is 11.6. The molecule has 0 heterocycles. The van der Waals surface area contributed by atoms with E-state index < -0.39 is 0 Å². The van der Waals surface area contributed by atoms with E-state index in [0.29, 0.717) is 12.1 Å². The molecule has 2 atom stereocenters. The molecule has 0 aliphatic carbocycles. The molecule has 3 rings (SSSR count). The van der Waals surface area contributed by atoms with E-state index in [1.165, 1.54) is 16.7 Å². The summed E-state index contributed by atoms with van der Waals surface area (Å²) >= 11 is 0. The van der Waals surface area contributed by atoms with Crippen LogP contribution in [0.25, 0.3) is 0 Å². The molecule has 0 radical (unpaired) electrons. The van der Waals surface area contributed by atoms with E-state index in [4.69, 9.17) is 0 Å². The smallest absolute Gasteiger partial charge is 0.0233 e. The van der Waals surface area contributed by atoms with Gasteiger partial charge in [-0.25, -0.2) is 0 Å². The molecule has 0 saturated carbocycles. The third kappa shape index (κ3) is 9.06. The second-order valence-corrected chi connectivity index (χ2v) is 8.28. The van der Waals surface area contributed by atoms with Gasteiger partial charge in [0.2, 0.25) is 0 Å². The zero-order chi connectivity index (χ0) is 21.6. The Morgan fingerprint density at radius 1 is 0.581 bits per heavy atom. The first-order chi connectivity index (χ1) is 15.3. The van der Waals surface area contributed by atoms with Gasteiger partial charge in [-0.05, 0) is 56.0 Å². The maximum Gasteiger partial charge on any atom is 0.0233 e. The summed E-state index contributed by atoms with van der Waals surface area (Å²) in [4.78, 5) is 0. The number of aryl methyl sites for hydroxylation is 1. The molecular formula is C28H37N3. The van der Waals surface area contributed by atoms with Crippen molar-refractivity contribution in [2.24, 2.45) is 0 Å². The lowest BCUT2D eigenvalue weighted by Crippen LogP contribution is -2.47. The second-order valence-electron chi connectivity index (χ2n) is 8.28. The largest absolute Gasteiger partial charge is 0.318 e. The molecule has 0 amide bonds. The Morgan fingerprint density at radius 2 is 1.06 bits per heavy atom. The average molecular weight is 416 g/mol. The number of nitrogens with one attached hydrogen (secondary N) is 3. The Kier molecular flexibility index (Phi) is 10.3. The fraction of sp³-hybridized carbons (Fsp3) is 0.357. The molecule has 3 aromatic rings. The van der Waals surface area contributed by atoms with Crippen LogP contribution in [0, 0.1) is 0 Å². The molecule has 0 aliphatic rings. The summed E-state index contributed by atoms with van der Waals surface area (Å²) in [6.45, 7) is 2.95. The Bertz CT molecular complexity index is 821. The molecule has 0 bridgehead atoms. The van der Waals surface area contributed by atoms with Gasteiger partial charge in [-0.1, -0.05) is 91.0 Å². The summed E-state index contributed by atoms with van der Waals surface area (Å²) in [6, 6.07) is 33.2. The van der Waals surface area contributed by atoms with Crippen molar-refractivity contribution in [3.63, 3.8) is 0 Å². The normalized spacial score (nSPS) is 13.1. The Hall–Kier alpha value is -2.46. The Balaban J connectivity index is 1.52. The summed E-state index contributed by atoms with van der Waals surface area (Å²) in [5, 5.41) is 11.0. The van der Waals surface area contributed by atoms with Crippen LogP contribution >= 0.6 is 0 Å². The van der Waals surface area contributed by atoms with E-state index in [9.17, 15) is 0 Å². The van der Waals surface area contributed by atoms with E-state index in [1.54, 1.807) is 0 Å². The highest BCUT2D eigenvalue weighted by atomic mass is 15.0. The maximum atomic E-state index is 3.82. The number of benzene rings is 3. The van der Waals surface area contributed by atoms with Crippen molar-refractivity contribution < 1.29 is 0 Å². The van der Waals surface area contributed by atoms with Crippen molar-refractivity contribution in [2.75, 3.05) is 26.7 Å². The maximum absolute atomic E-state index is 3.82. The van der Waals surface area contributed by atoms with Crippen LogP contribution in [0.15, 0.2) is 91.0 Å². The Morgan fingerprint density at radius 3 is 1.58 bits per heavy atom. The van der Waals surface area contributed by atoms with Crippen LogP contribution in [0.1, 0.15) is 23.1 Å². The molecule has 31 heavy (non-hydrogen) atoms. The van der Waals surface area contributed by atoms with Crippen LogP contribution in [0.5, 0.6) is 0 Å². The molecular weight excluding hydrogens is 378 g/mol. The second kappa shape index (κ2) is 13.8. The van der Waals surface area contributed by atoms with Crippen molar-refractivity contribution in [3.05, 3.63) is 108 Å². The fourth-order valence-corrected chi connectivity index (χ4v) is 4.03. The minimum Gasteiger partial charge on any atom is -0.318 e. The van der Waals surface area contributed by atoms with Gasteiger partial charge in [0.1, 0.15) is 0 Å². The van der Waals surface area contributed by atoms with Crippen molar-refractivity contribution in [2.45, 2.75) is 37.8 Å². The molecule has 0 fully saturated rings. The van der Waals surface area contributed by atoms with E-state index >= 15 is 0 Å². The summed E-state index contributed by atoms with van der Waals surface area (Å²) < 4.78 is 0. The highest BCUT2D eigenvalue weighted by Crippen LogP contribution is 2.07. The van der Waals surface area contributed by atoms with Crippen molar-refractivity contribution >= 4 is 0 Å². The third-order valence-electron chi connectivity index (χ3n) is 5.67. The van der Waals surface area contributed by atoms with Gasteiger partial charge in [0.05, 0.1) is 0 Å². The highest BCUT2D eigenvalue weighted by Gasteiger charge is 2.14. The monoisotopic (exact) mass is 415 g/mol. The lowest BCUT2D eigenvalue weighted by molar-refractivity contribution is 0.415. The zero-order valence-corrected chi connectivity index (χ0v) is 18.8. The first-order valence-electron chi connectivity index (χ1n) is 11.6. The molecule has 3 aromatic carbocycles. The number of rotatable bonds is 14. The Labute approximate surface area is 188 Å². The summed E-state index contributed by atoms with van der Waals surface area (Å²) in [5.74, 6) is 0. The SMILES string of the molecule is CNC[C@H](Cc1ccccc1)NC[C@H](Cc1ccccc1)NCCCc1ccccc1. The molecule has 0 aliphatic heterocycles. The van der Waals surface area contributed by atoms with Crippen LogP contribution < -0.4 is 16.0 Å². The summed E-state index contributed by atoms with van der Waals surface area (Å²) in [7, 11) is 2.03. The minimum absolute atomic E-state index is 0.410. The van der Waals surface area contributed by atoms with Crippen molar-refractivity contribution in [3.8, 4) is 0 Å². The minimum atomic E-state index is 0.410. The third-order valence-corrected chi connectivity index (χ3v) is 5.67. The predicted octanol–water partition coefficient (Wildman–Crippen LogP) is 4.24. The van der Waals surface area contributed by atoms with Gasteiger partial charge in [-0.3, -0.25) is 0 Å². The van der Waals surface area contributed by atoms with E-state index in [2.05, 4.69) is 107 Å². The van der Waals surface area contributed by atoms with E-state index in [1.807, 2.05) is 7.05 Å². The lowest BCUT2D eigenvalue weighted by Gasteiger charge is -2.24. The van der Waals surface area contributed by atoms with Crippen LogP contribution in [0.4, 0.5) is 0 Å². The van der Waals surface area contributed by atoms with E-state index in [-0.39, 0.29) is 0 Å². The van der Waals surface area contributed by atoms with Gasteiger partial charge in [-0.15, -0.1) is 0 Å². The lowest BCUT2D eigenvalue weighted by atomic mass is 10.0. The van der Waals surface area contributed by atoms with Crippen LogP contribution in [0.2, 0.25) is 0 Å². The quantitative estimate of drug-likeness (QED) is 0.345. The highest BCUT2D eigenvalue weighted by molar-refractivity contribution is 5.18. The summed E-state index contributed by atoms with van der Waals surface area (Å²) in [5.41, 5.74) is 4.18. The van der Waals surface area contributed by atoms with E-state index in [0.717, 1.165) is 45.3 Å². The van der Waals surface area contributed by atoms with Crippen molar-refractivity contribution in [1.82, 2.24) is 16.0 Å². The molecule has 0 saturated heterocycles. The van der Waals surface area contributed by atoms with Gasteiger partial charge < -0.3 is 16.0 Å². The number of likely N-dealkylation sites (N-methyl/N-ethyl adjacent to an activating group) is 1. The van der Waals surface area contributed by atoms with Crippen molar-refractivity contribution in [1.29, 1.82) is 0 Å². The average Bonchev–Trinajstić information content (AvgIpc) is 2.82. The van der Waals surface area contributed by atoms with Crippen LogP contribution in [-0.2, 0) is 19.3 Å². The fourth-order valence-electron chi connectivity index (χ4n) is 4.03. The predicted molar refractivity (Wildman–Crippen MR) is 133 cm³/mol. The number of hydrogen-bond acceptors (Lipinski definition) is 3. The molecule has 3 N–H and O–H groups in total. The van der Waals surface area contributed by atoms with Gasteiger partial charge in [0, 0.05) is 25.2 Å². The van der Waals surface area contributed by atoms with Crippen LogP contribution in [-0.4, -0.2) is 38.8 Å². The molecule has 164 valence electrons. The molecule has 0 unspecified atom stereocenters. The van der Waals surface area contributed by atoms with Gasteiger partial charge >= 0.3 is 0 Å². The zero-order valence-electron chi connectivity index (χ0n) is 18.8. The van der Waals surface area contributed by atoms with Crippen LogP contribution in [0.3, 0.4) is 0 Å². The molecule has 3 nitrogen and oxygen atoms in total. The summed E-state index contributed by atoms with van der Waals surface area (Å²) in [6.07, 6.45) is 4.35. The first kappa shape index (κ1) is 23.2. The number of hydrogen-bond donors (Lipinski definition) is 3.